The molecule has 1 aliphatic carbocycles. The number of benzene rings is 1. The van der Waals surface area contributed by atoms with Gasteiger partial charge in [-0.2, -0.15) is 28.4 Å². The van der Waals surface area contributed by atoms with E-state index in [0.29, 0.717) is 55.5 Å². The van der Waals surface area contributed by atoms with Gasteiger partial charge in [0.1, 0.15) is 17.7 Å². The minimum atomic E-state index is -0.464. The Morgan fingerprint density at radius 1 is 1.13 bits per heavy atom. The molecule has 1 aromatic heterocycles. The van der Waals surface area contributed by atoms with Gasteiger partial charge in [-0.3, -0.25) is 9.79 Å². The van der Waals surface area contributed by atoms with Crippen molar-refractivity contribution in [1.82, 2.24) is 25.2 Å². The first-order valence-electron chi connectivity index (χ1n) is 13.2. The molecule has 39 heavy (non-hydrogen) atoms. The van der Waals surface area contributed by atoms with E-state index in [9.17, 15) is 9.59 Å². The molecule has 206 valence electrons. The number of nitrogens with one attached hydrogen (secondary N) is 2. The lowest BCUT2D eigenvalue weighted by Gasteiger charge is -2.34. The van der Waals surface area contributed by atoms with Crippen LogP contribution in [0, 0.1) is 6.92 Å². The quantitative estimate of drug-likeness (QED) is 0.519. The number of aromatic nitrogens is 3. The lowest BCUT2D eigenvalue weighted by atomic mass is 9.94. The molecule has 4 aliphatic rings. The molecule has 0 bridgehead atoms. The zero-order valence-corrected chi connectivity index (χ0v) is 23.4. The predicted molar refractivity (Wildman–Crippen MR) is 154 cm³/mol. The van der Waals surface area contributed by atoms with Crippen LogP contribution in [0.25, 0.3) is 0 Å². The number of anilines is 2. The van der Waals surface area contributed by atoms with E-state index < -0.39 is 11.6 Å². The molecule has 3 aliphatic heterocycles. The van der Waals surface area contributed by atoms with Gasteiger partial charge in [0, 0.05) is 24.1 Å². The maximum absolute atomic E-state index is 13.4. The van der Waals surface area contributed by atoms with E-state index in [2.05, 4.69) is 51.6 Å². The Kier molecular flexibility index (Phi) is 7.00. The first-order valence-corrected chi connectivity index (χ1v) is 13.2. The molecule has 2 aromatic rings. The second kappa shape index (κ2) is 10.1. The molecule has 11 nitrogen and oxygen atoms in total. The highest BCUT2D eigenvalue weighted by Crippen LogP contribution is 2.42. The maximum Gasteiger partial charge on any atom is 0.318 e. The van der Waals surface area contributed by atoms with Crippen molar-refractivity contribution in [2.45, 2.75) is 63.6 Å². The number of hydrogen-bond acceptors (Lipinski definition) is 8. The largest absolute Gasteiger partial charge is 0.368 e. The zero-order chi connectivity index (χ0) is 26.6. The van der Waals surface area contributed by atoms with Crippen LogP contribution in [0.1, 0.15) is 50.4 Å². The monoisotopic (exact) mass is 549 g/mol. The number of carbonyl (C=O) groups is 2. The Labute approximate surface area is 234 Å². The van der Waals surface area contributed by atoms with Crippen molar-refractivity contribution < 1.29 is 9.59 Å². The fourth-order valence-corrected chi connectivity index (χ4v) is 5.90. The average molecular weight is 550 g/mol. The molecule has 3 atom stereocenters. The average Bonchev–Trinajstić information content (AvgIpc) is 3.19. The summed E-state index contributed by atoms with van der Waals surface area (Å²) < 4.78 is 0. The molecule has 2 fully saturated rings. The van der Waals surface area contributed by atoms with Crippen LogP contribution in [-0.2, 0) is 4.79 Å². The fourth-order valence-electron chi connectivity index (χ4n) is 5.90. The molecule has 2 unspecified atom stereocenters. The Morgan fingerprint density at radius 3 is 2.64 bits per heavy atom. The van der Waals surface area contributed by atoms with Gasteiger partial charge in [-0.15, -0.1) is 0 Å². The molecular weight excluding hydrogens is 514 g/mol. The van der Waals surface area contributed by atoms with Crippen molar-refractivity contribution in [1.29, 1.82) is 0 Å². The number of amidine groups is 1. The van der Waals surface area contributed by atoms with E-state index in [1.165, 1.54) is 5.56 Å². The third-order valence-electron chi connectivity index (χ3n) is 8.15. The molecule has 12 heteroatoms. The number of nitrogens with zero attached hydrogens (tertiary/aromatic N) is 6. The summed E-state index contributed by atoms with van der Waals surface area (Å²) in [5.74, 6) is 1.99. The van der Waals surface area contributed by atoms with Crippen molar-refractivity contribution in [3.8, 4) is 0 Å². The summed E-state index contributed by atoms with van der Waals surface area (Å²) in [5.41, 5.74) is 8.51. The van der Waals surface area contributed by atoms with Gasteiger partial charge >= 0.3 is 6.03 Å². The SMILES string of the molecule is Cc1nc(NC2=NCC3=C2CN(C(=O)NC2CC2c2ccccc2)C3(C)C)nc(N2CCC[C@H]2C(N)=O)n1.S. The van der Waals surface area contributed by atoms with Crippen LogP contribution in [0.5, 0.6) is 0 Å². The molecule has 0 spiro atoms. The van der Waals surface area contributed by atoms with Gasteiger partial charge in [0.05, 0.1) is 18.6 Å². The maximum atomic E-state index is 13.4. The number of amides is 3. The minimum Gasteiger partial charge on any atom is -0.368 e. The van der Waals surface area contributed by atoms with Crippen molar-refractivity contribution in [2.24, 2.45) is 10.7 Å². The molecular formula is C27H35N9O2S. The minimum absolute atomic E-state index is 0. The molecule has 3 amide bonds. The summed E-state index contributed by atoms with van der Waals surface area (Å²) in [4.78, 5) is 47.2. The van der Waals surface area contributed by atoms with Crippen LogP contribution < -0.4 is 21.3 Å². The number of urea groups is 1. The van der Waals surface area contributed by atoms with Crippen molar-refractivity contribution in [3.05, 3.63) is 52.9 Å². The number of hydrogen-bond donors (Lipinski definition) is 3. The number of aryl methyl sites for hydroxylation is 1. The second-order valence-corrected chi connectivity index (χ2v) is 11.0. The molecule has 1 aromatic carbocycles. The van der Waals surface area contributed by atoms with Crippen LogP contribution in [0.3, 0.4) is 0 Å². The number of aliphatic imine (C=N–C) groups is 1. The summed E-state index contributed by atoms with van der Waals surface area (Å²) in [6, 6.07) is 10.0. The van der Waals surface area contributed by atoms with E-state index in [1.807, 2.05) is 28.0 Å². The van der Waals surface area contributed by atoms with E-state index in [-0.39, 0.29) is 31.5 Å². The molecule has 0 radical (unpaired) electrons. The highest BCUT2D eigenvalue weighted by Gasteiger charge is 2.48. The second-order valence-electron chi connectivity index (χ2n) is 11.0. The molecule has 1 saturated carbocycles. The van der Waals surface area contributed by atoms with Crippen LogP contribution in [0.2, 0.25) is 0 Å². The van der Waals surface area contributed by atoms with Gasteiger partial charge in [-0.05, 0) is 51.2 Å². The summed E-state index contributed by atoms with van der Waals surface area (Å²) >= 11 is 0. The Morgan fingerprint density at radius 2 is 1.90 bits per heavy atom. The molecule has 4 heterocycles. The van der Waals surface area contributed by atoms with Crippen molar-refractivity contribution in [2.75, 3.05) is 29.9 Å². The third kappa shape index (κ3) is 4.93. The fraction of sp³-hybridized carbons (Fsp3) is 0.481. The zero-order valence-electron chi connectivity index (χ0n) is 22.4. The summed E-state index contributed by atoms with van der Waals surface area (Å²) in [5, 5.41) is 6.51. The lowest BCUT2D eigenvalue weighted by Crippen LogP contribution is -2.51. The van der Waals surface area contributed by atoms with Gasteiger partial charge in [0.15, 0.2) is 0 Å². The smallest absolute Gasteiger partial charge is 0.318 e. The standard InChI is InChI=1S/C27H33N9O2.H2S/c1-15-30-24(34-25(31-15)35-11-7-10-21(35)22(28)37)33-23-18-14-36(27(2,3)19(18)13-29-23)26(38)32-20-12-17(20)16-8-5-4-6-9-16;/h4-6,8-9,17,20-21H,7,10-14H2,1-3H3,(H2,28,37)(H,32,38)(H,29,30,31,33,34);1H2/t17?,20?,21-;/m0./s1. The Bertz CT molecular complexity index is 1360. The number of carbonyl (C=O) groups excluding carboxylic acids is 2. The van der Waals surface area contributed by atoms with E-state index in [1.54, 1.807) is 6.92 Å². The Hall–Kier alpha value is -3.67. The van der Waals surface area contributed by atoms with E-state index in [4.69, 9.17) is 10.7 Å². The summed E-state index contributed by atoms with van der Waals surface area (Å²) in [7, 11) is 0. The normalized spacial score (nSPS) is 24.7. The van der Waals surface area contributed by atoms with Crippen molar-refractivity contribution in [3.63, 3.8) is 0 Å². The van der Waals surface area contributed by atoms with Crippen molar-refractivity contribution >= 4 is 43.2 Å². The summed E-state index contributed by atoms with van der Waals surface area (Å²) in [6.45, 7) is 7.55. The highest BCUT2D eigenvalue weighted by atomic mass is 32.1. The van der Waals surface area contributed by atoms with Gasteiger partial charge in [0.25, 0.3) is 0 Å². The first kappa shape index (κ1) is 26.9. The first-order chi connectivity index (χ1) is 18.2. The lowest BCUT2D eigenvalue weighted by molar-refractivity contribution is -0.119. The third-order valence-corrected chi connectivity index (χ3v) is 8.15. The van der Waals surface area contributed by atoms with Gasteiger partial charge in [0.2, 0.25) is 17.8 Å². The molecule has 4 N–H and O–H groups in total. The van der Waals surface area contributed by atoms with Crippen LogP contribution in [0.4, 0.5) is 16.7 Å². The van der Waals surface area contributed by atoms with Crippen LogP contribution in [-0.4, -0.2) is 74.9 Å². The number of primary amides is 1. The van der Waals surface area contributed by atoms with Gasteiger partial charge in [-0.25, -0.2) is 4.79 Å². The van der Waals surface area contributed by atoms with Gasteiger partial charge < -0.3 is 26.2 Å². The van der Waals surface area contributed by atoms with E-state index in [0.717, 1.165) is 24.0 Å². The topological polar surface area (TPSA) is 142 Å². The highest BCUT2D eigenvalue weighted by molar-refractivity contribution is 7.59. The number of rotatable bonds is 5. The van der Waals surface area contributed by atoms with Crippen LogP contribution in [0.15, 0.2) is 46.5 Å². The van der Waals surface area contributed by atoms with E-state index >= 15 is 0 Å². The Balaban J connectivity index is 0.00000308. The predicted octanol–water partition coefficient (Wildman–Crippen LogP) is 2.23. The molecule has 6 rings (SSSR count). The van der Waals surface area contributed by atoms with Crippen LogP contribution >= 0.6 is 13.5 Å². The molecule has 1 saturated heterocycles. The number of nitrogens with two attached hydrogens (primary N) is 1. The van der Waals surface area contributed by atoms with Gasteiger partial charge in [-0.1, -0.05) is 30.3 Å². The summed E-state index contributed by atoms with van der Waals surface area (Å²) in [6.07, 6.45) is 2.50.